The van der Waals surface area contributed by atoms with Crippen LogP contribution in [0.25, 0.3) is 21.3 Å². The van der Waals surface area contributed by atoms with Gasteiger partial charge in [0.25, 0.3) is 0 Å². The molecule has 1 fully saturated rings. The standard InChI is InChI=1S/C22H27N5O3S/c1-5-27-13-16(11-23-27)14-6-7-17-18(10-14)31-20(24-17)25-19(28)15-8-9-26(12-15)21(29)30-22(2,3)4/h6-7,10-11,13,15H,5,8-9,12H2,1-4H3,(H,24,25,28)/t15-/m1/s1. The molecule has 3 aromatic rings. The number of fused-ring (bicyclic) bond motifs is 1. The van der Waals surface area contributed by atoms with Gasteiger partial charge in [-0.05, 0) is 51.8 Å². The summed E-state index contributed by atoms with van der Waals surface area (Å²) in [6, 6.07) is 6.04. The van der Waals surface area contributed by atoms with Crippen molar-refractivity contribution in [1.29, 1.82) is 0 Å². The van der Waals surface area contributed by atoms with Gasteiger partial charge < -0.3 is 15.0 Å². The van der Waals surface area contributed by atoms with Gasteiger partial charge in [-0.15, -0.1) is 0 Å². The molecule has 0 radical (unpaired) electrons. The van der Waals surface area contributed by atoms with E-state index in [1.54, 1.807) is 4.90 Å². The zero-order valence-electron chi connectivity index (χ0n) is 18.2. The first-order chi connectivity index (χ1) is 14.7. The fourth-order valence-corrected chi connectivity index (χ4v) is 4.43. The van der Waals surface area contributed by atoms with E-state index in [2.05, 4.69) is 28.4 Å². The lowest BCUT2D eigenvalue weighted by atomic mass is 10.1. The van der Waals surface area contributed by atoms with E-state index in [1.807, 2.05) is 50.0 Å². The molecular weight excluding hydrogens is 414 g/mol. The van der Waals surface area contributed by atoms with E-state index in [0.29, 0.717) is 24.6 Å². The van der Waals surface area contributed by atoms with Crippen molar-refractivity contribution in [2.75, 3.05) is 18.4 Å². The Morgan fingerprint density at radius 1 is 1.29 bits per heavy atom. The van der Waals surface area contributed by atoms with Crippen LogP contribution in [0.2, 0.25) is 0 Å². The quantitative estimate of drug-likeness (QED) is 0.649. The Labute approximate surface area is 185 Å². The van der Waals surface area contributed by atoms with Crippen LogP contribution in [0.15, 0.2) is 30.6 Å². The predicted octanol–water partition coefficient (Wildman–Crippen LogP) is 4.38. The Hall–Kier alpha value is -2.94. The number of nitrogens with zero attached hydrogens (tertiary/aromatic N) is 4. The molecule has 1 saturated heterocycles. The van der Waals surface area contributed by atoms with Gasteiger partial charge in [-0.2, -0.15) is 5.10 Å². The molecule has 31 heavy (non-hydrogen) atoms. The summed E-state index contributed by atoms with van der Waals surface area (Å²) in [5.74, 6) is -0.385. The number of likely N-dealkylation sites (tertiary alicyclic amines) is 1. The van der Waals surface area contributed by atoms with Gasteiger partial charge in [0, 0.05) is 31.4 Å². The van der Waals surface area contributed by atoms with Crippen molar-refractivity contribution in [3.05, 3.63) is 30.6 Å². The number of amides is 2. The Morgan fingerprint density at radius 2 is 2.10 bits per heavy atom. The molecular formula is C22H27N5O3S. The lowest BCUT2D eigenvalue weighted by Gasteiger charge is -2.24. The van der Waals surface area contributed by atoms with Gasteiger partial charge in [0.1, 0.15) is 5.60 Å². The molecule has 1 aliphatic heterocycles. The minimum atomic E-state index is -0.549. The third kappa shape index (κ3) is 4.87. The second-order valence-corrected chi connectivity index (χ2v) is 9.72. The molecule has 9 heteroatoms. The maximum atomic E-state index is 12.7. The van der Waals surface area contributed by atoms with E-state index in [4.69, 9.17) is 4.74 Å². The van der Waals surface area contributed by atoms with E-state index in [9.17, 15) is 9.59 Å². The van der Waals surface area contributed by atoms with Gasteiger partial charge in [0.05, 0.1) is 22.3 Å². The molecule has 1 aliphatic rings. The van der Waals surface area contributed by atoms with Crippen LogP contribution in [0.1, 0.15) is 34.1 Å². The molecule has 1 atom stereocenters. The molecule has 0 aliphatic carbocycles. The van der Waals surface area contributed by atoms with Crippen LogP contribution in [0.5, 0.6) is 0 Å². The largest absolute Gasteiger partial charge is 0.444 e. The summed E-state index contributed by atoms with van der Waals surface area (Å²) < 4.78 is 8.29. The van der Waals surface area contributed by atoms with Crippen LogP contribution in [-0.4, -0.2) is 50.4 Å². The van der Waals surface area contributed by atoms with Crippen molar-refractivity contribution >= 4 is 38.7 Å². The molecule has 0 spiro atoms. The number of ether oxygens (including phenoxy) is 1. The molecule has 0 saturated carbocycles. The zero-order chi connectivity index (χ0) is 22.2. The summed E-state index contributed by atoms with van der Waals surface area (Å²) in [6.45, 7) is 9.25. The summed E-state index contributed by atoms with van der Waals surface area (Å²) in [4.78, 5) is 31.1. The monoisotopic (exact) mass is 441 g/mol. The van der Waals surface area contributed by atoms with Crippen molar-refractivity contribution in [1.82, 2.24) is 19.7 Å². The smallest absolute Gasteiger partial charge is 0.410 e. The topological polar surface area (TPSA) is 89.4 Å². The van der Waals surface area contributed by atoms with Crippen molar-refractivity contribution in [3.63, 3.8) is 0 Å². The second kappa shape index (κ2) is 8.30. The zero-order valence-corrected chi connectivity index (χ0v) is 19.0. The van der Waals surface area contributed by atoms with E-state index >= 15 is 0 Å². The molecule has 8 nitrogen and oxygen atoms in total. The van der Waals surface area contributed by atoms with Gasteiger partial charge in [0.2, 0.25) is 5.91 Å². The fourth-order valence-electron chi connectivity index (χ4n) is 3.52. The number of hydrogen-bond acceptors (Lipinski definition) is 6. The van der Waals surface area contributed by atoms with Crippen molar-refractivity contribution < 1.29 is 14.3 Å². The maximum Gasteiger partial charge on any atom is 0.410 e. The highest BCUT2D eigenvalue weighted by atomic mass is 32.1. The molecule has 2 aromatic heterocycles. The number of aryl methyl sites for hydroxylation is 1. The number of benzene rings is 1. The number of anilines is 1. The highest BCUT2D eigenvalue weighted by molar-refractivity contribution is 7.22. The molecule has 1 aromatic carbocycles. The van der Waals surface area contributed by atoms with Crippen LogP contribution in [0.4, 0.5) is 9.93 Å². The average molecular weight is 442 g/mol. The predicted molar refractivity (Wildman–Crippen MR) is 121 cm³/mol. The third-order valence-corrected chi connectivity index (χ3v) is 6.05. The van der Waals surface area contributed by atoms with Gasteiger partial charge >= 0.3 is 6.09 Å². The lowest BCUT2D eigenvalue weighted by molar-refractivity contribution is -0.119. The molecule has 3 heterocycles. The molecule has 0 unspecified atom stereocenters. The van der Waals surface area contributed by atoms with Gasteiger partial charge in [0.15, 0.2) is 5.13 Å². The molecule has 0 bridgehead atoms. The van der Waals surface area contributed by atoms with Gasteiger partial charge in [-0.25, -0.2) is 9.78 Å². The molecule has 2 amide bonds. The van der Waals surface area contributed by atoms with E-state index in [-0.39, 0.29) is 17.9 Å². The number of carbonyl (C=O) groups excluding carboxylic acids is 2. The highest BCUT2D eigenvalue weighted by Crippen LogP contribution is 2.31. The molecule has 164 valence electrons. The Morgan fingerprint density at radius 3 is 2.81 bits per heavy atom. The first-order valence-electron chi connectivity index (χ1n) is 10.4. The van der Waals surface area contributed by atoms with Crippen LogP contribution in [0.3, 0.4) is 0 Å². The summed E-state index contributed by atoms with van der Waals surface area (Å²) in [6.07, 6.45) is 4.11. The van der Waals surface area contributed by atoms with Crippen LogP contribution in [0, 0.1) is 5.92 Å². The summed E-state index contributed by atoms with van der Waals surface area (Å²) in [7, 11) is 0. The maximum absolute atomic E-state index is 12.7. The van der Waals surface area contributed by atoms with E-state index in [1.165, 1.54) is 11.3 Å². The van der Waals surface area contributed by atoms with Crippen LogP contribution >= 0.6 is 11.3 Å². The number of thiazole rings is 1. The number of rotatable bonds is 4. The first kappa shape index (κ1) is 21.3. The number of hydrogen-bond donors (Lipinski definition) is 1. The van der Waals surface area contributed by atoms with Gasteiger partial charge in [-0.1, -0.05) is 17.4 Å². The number of nitrogens with one attached hydrogen (secondary N) is 1. The van der Waals surface area contributed by atoms with Crippen molar-refractivity contribution in [3.8, 4) is 11.1 Å². The minimum Gasteiger partial charge on any atom is -0.444 e. The fraction of sp³-hybridized carbons (Fsp3) is 0.455. The third-order valence-electron chi connectivity index (χ3n) is 5.12. The summed E-state index contributed by atoms with van der Waals surface area (Å²) in [5, 5.41) is 7.82. The second-order valence-electron chi connectivity index (χ2n) is 8.69. The molecule has 4 rings (SSSR count). The Balaban J connectivity index is 1.41. The first-order valence-corrected chi connectivity index (χ1v) is 11.3. The minimum absolute atomic E-state index is 0.116. The Kier molecular flexibility index (Phi) is 5.70. The average Bonchev–Trinajstić information content (AvgIpc) is 3.44. The summed E-state index contributed by atoms with van der Waals surface area (Å²) in [5.41, 5.74) is 2.41. The normalized spacial score (nSPS) is 16.6. The van der Waals surface area contributed by atoms with Gasteiger partial charge in [-0.3, -0.25) is 9.48 Å². The van der Waals surface area contributed by atoms with E-state index < -0.39 is 5.60 Å². The number of carbonyl (C=O) groups is 2. The van der Waals surface area contributed by atoms with E-state index in [0.717, 1.165) is 27.9 Å². The summed E-state index contributed by atoms with van der Waals surface area (Å²) >= 11 is 1.45. The van der Waals surface area contributed by atoms with Crippen molar-refractivity contribution in [2.24, 2.45) is 5.92 Å². The highest BCUT2D eigenvalue weighted by Gasteiger charge is 2.33. The van der Waals surface area contributed by atoms with Crippen molar-refractivity contribution in [2.45, 2.75) is 46.3 Å². The molecule has 1 N–H and O–H groups in total. The SMILES string of the molecule is CCn1cc(-c2ccc3nc(NC(=O)[C@@H]4CCN(C(=O)OC(C)(C)C)C4)sc3c2)cn1. The van der Waals surface area contributed by atoms with Crippen LogP contribution in [-0.2, 0) is 16.1 Å². The number of aromatic nitrogens is 3. The van der Waals surface area contributed by atoms with Crippen LogP contribution < -0.4 is 5.32 Å². The Bertz CT molecular complexity index is 1110. The lowest BCUT2D eigenvalue weighted by Crippen LogP contribution is -2.36.